The predicted molar refractivity (Wildman–Crippen MR) is 48.2 cm³/mol. The Morgan fingerprint density at radius 2 is 2.42 bits per heavy atom. The lowest BCUT2D eigenvalue weighted by molar-refractivity contribution is 0.334. The summed E-state index contributed by atoms with van der Waals surface area (Å²) in [4.78, 5) is 4.18. The molecule has 1 aromatic heterocycles. The van der Waals surface area contributed by atoms with Crippen molar-refractivity contribution in [2.24, 2.45) is 5.73 Å². The molecule has 12 heavy (non-hydrogen) atoms. The molecule has 1 heterocycles. The maximum absolute atomic E-state index is 5.43. The smallest absolute Gasteiger partial charge is 0.140 e. The second-order valence-corrected chi connectivity index (χ2v) is 2.42. The molecular formula is C9H14N2O. The highest BCUT2D eigenvalue weighted by molar-refractivity contribution is 5.26. The molecule has 0 aliphatic heterocycles. The summed E-state index contributed by atoms with van der Waals surface area (Å²) in [6, 6.07) is 3.78. The molecule has 2 N–H and O–H groups in total. The predicted octanol–water partition coefficient (Wildman–Crippen LogP) is 0.982. The summed E-state index contributed by atoms with van der Waals surface area (Å²) in [5.74, 6) is 0.852. The maximum atomic E-state index is 5.43. The van der Waals surface area contributed by atoms with Gasteiger partial charge in [0.1, 0.15) is 5.75 Å². The minimum atomic E-state index is 0.608. The minimum Gasteiger partial charge on any atom is -0.492 e. The van der Waals surface area contributed by atoms with Crippen molar-refractivity contribution in [3.63, 3.8) is 0 Å². The van der Waals surface area contributed by atoms with E-state index in [1.165, 1.54) is 0 Å². The van der Waals surface area contributed by atoms with Crippen LogP contribution < -0.4 is 10.5 Å². The fraction of sp³-hybridized carbons (Fsp3) is 0.444. The first kappa shape index (κ1) is 9.00. The van der Waals surface area contributed by atoms with Crippen LogP contribution in [0.5, 0.6) is 5.75 Å². The third-order valence-corrected chi connectivity index (χ3v) is 1.53. The Morgan fingerprint density at radius 1 is 1.58 bits per heavy atom. The molecule has 0 spiro atoms. The van der Waals surface area contributed by atoms with E-state index in [-0.39, 0.29) is 0 Å². The largest absolute Gasteiger partial charge is 0.492 e. The molecule has 0 bridgehead atoms. The van der Waals surface area contributed by atoms with Crippen LogP contribution in [0.1, 0.15) is 12.6 Å². The third kappa shape index (κ3) is 2.20. The Bertz CT molecular complexity index is 213. The van der Waals surface area contributed by atoms with E-state index in [0.717, 1.165) is 17.9 Å². The monoisotopic (exact) mass is 166 g/mol. The first-order chi connectivity index (χ1) is 5.88. The molecule has 0 saturated heterocycles. The molecule has 0 unspecified atom stereocenters. The van der Waals surface area contributed by atoms with Crippen molar-refractivity contribution in [1.82, 2.24) is 4.98 Å². The van der Waals surface area contributed by atoms with E-state index < -0.39 is 0 Å². The van der Waals surface area contributed by atoms with Gasteiger partial charge in [0.15, 0.2) is 0 Å². The number of aromatic nitrogens is 1. The van der Waals surface area contributed by atoms with E-state index in [9.17, 15) is 0 Å². The molecule has 3 heteroatoms. The van der Waals surface area contributed by atoms with Crippen LogP contribution in [0.2, 0.25) is 0 Å². The highest BCUT2D eigenvalue weighted by Crippen LogP contribution is 2.14. The Labute approximate surface area is 72.6 Å². The first-order valence-corrected chi connectivity index (χ1v) is 4.15. The molecule has 66 valence electrons. The van der Waals surface area contributed by atoms with Crippen molar-refractivity contribution in [2.45, 2.75) is 13.3 Å². The summed E-state index contributed by atoms with van der Waals surface area (Å²) in [6.07, 6.45) is 2.53. The van der Waals surface area contributed by atoms with Gasteiger partial charge in [-0.2, -0.15) is 0 Å². The lowest BCUT2D eigenvalue weighted by Gasteiger charge is -2.06. The number of rotatable bonds is 4. The molecule has 1 rings (SSSR count). The van der Waals surface area contributed by atoms with Gasteiger partial charge in [-0.1, -0.05) is 0 Å². The van der Waals surface area contributed by atoms with Crippen LogP contribution in [0.3, 0.4) is 0 Å². The normalized spacial score (nSPS) is 9.83. The van der Waals surface area contributed by atoms with Crippen molar-refractivity contribution < 1.29 is 4.74 Å². The van der Waals surface area contributed by atoms with Crippen molar-refractivity contribution in [1.29, 1.82) is 0 Å². The van der Waals surface area contributed by atoms with Crippen LogP contribution in [0, 0.1) is 0 Å². The van der Waals surface area contributed by atoms with Gasteiger partial charge in [0.25, 0.3) is 0 Å². The molecule has 0 atom stereocenters. The average Bonchev–Trinajstić information content (AvgIpc) is 2.09. The summed E-state index contributed by atoms with van der Waals surface area (Å²) < 4.78 is 5.37. The second kappa shape index (κ2) is 4.72. The Balaban J connectivity index is 2.77. The third-order valence-electron chi connectivity index (χ3n) is 1.53. The van der Waals surface area contributed by atoms with E-state index in [4.69, 9.17) is 10.5 Å². The van der Waals surface area contributed by atoms with Crippen molar-refractivity contribution >= 4 is 0 Å². The maximum Gasteiger partial charge on any atom is 0.140 e. The minimum absolute atomic E-state index is 0.608. The number of nitrogens with two attached hydrogens (primary N) is 1. The number of ether oxygens (including phenoxy) is 1. The zero-order valence-electron chi connectivity index (χ0n) is 7.29. The Hall–Kier alpha value is -1.09. The summed E-state index contributed by atoms with van der Waals surface area (Å²) in [7, 11) is 0. The lowest BCUT2D eigenvalue weighted by Crippen LogP contribution is -2.06. The highest BCUT2D eigenvalue weighted by atomic mass is 16.5. The summed E-state index contributed by atoms with van der Waals surface area (Å²) in [6.45, 7) is 3.24. The van der Waals surface area contributed by atoms with Gasteiger partial charge in [-0.15, -0.1) is 0 Å². The van der Waals surface area contributed by atoms with Crippen LogP contribution in [0.15, 0.2) is 18.3 Å². The van der Waals surface area contributed by atoms with Gasteiger partial charge in [-0.05, 0) is 25.6 Å². The summed E-state index contributed by atoms with van der Waals surface area (Å²) >= 11 is 0. The fourth-order valence-corrected chi connectivity index (χ4v) is 1.03. The SMILES string of the molecule is CCOc1cccnc1CCN. The molecule has 0 radical (unpaired) electrons. The average molecular weight is 166 g/mol. The van der Waals surface area contributed by atoms with Crippen LogP contribution >= 0.6 is 0 Å². The standard InChI is InChI=1S/C9H14N2O/c1-2-12-9-4-3-7-11-8(9)5-6-10/h3-4,7H,2,5-6,10H2,1H3. The lowest BCUT2D eigenvalue weighted by atomic mass is 10.2. The molecular weight excluding hydrogens is 152 g/mol. The van der Waals surface area contributed by atoms with Gasteiger partial charge in [0.2, 0.25) is 0 Å². The van der Waals surface area contributed by atoms with E-state index in [0.29, 0.717) is 13.2 Å². The van der Waals surface area contributed by atoms with Crippen LogP contribution in [0.4, 0.5) is 0 Å². The van der Waals surface area contributed by atoms with Gasteiger partial charge in [0, 0.05) is 12.6 Å². The highest BCUT2D eigenvalue weighted by Gasteiger charge is 2.01. The fourth-order valence-electron chi connectivity index (χ4n) is 1.03. The van der Waals surface area contributed by atoms with Crippen molar-refractivity contribution in [3.05, 3.63) is 24.0 Å². The Morgan fingerprint density at radius 3 is 3.08 bits per heavy atom. The second-order valence-electron chi connectivity index (χ2n) is 2.42. The molecule has 3 nitrogen and oxygen atoms in total. The van der Waals surface area contributed by atoms with Crippen LogP contribution in [0.25, 0.3) is 0 Å². The van der Waals surface area contributed by atoms with E-state index >= 15 is 0 Å². The quantitative estimate of drug-likeness (QED) is 0.725. The van der Waals surface area contributed by atoms with Gasteiger partial charge in [0.05, 0.1) is 12.3 Å². The topological polar surface area (TPSA) is 48.1 Å². The number of hydrogen-bond donors (Lipinski definition) is 1. The number of hydrogen-bond acceptors (Lipinski definition) is 3. The first-order valence-electron chi connectivity index (χ1n) is 4.15. The molecule has 0 aliphatic rings. The zero-order valence-corrected chi connectivity index (χ0v) is 7.29. The van der Waals surface area contributed by atoms with Gasteiger partial charge in [-0.3, -0.25) is 4.98 Å². The van der Waals surface area contributed by atoms with Gasteiger partial charge in [-0.25, -0.2) is 0 Å². The van der Waals surface area contributed by atoms with Gasteiger partial charge < -0.3 is 10.5 Å². The number of nitrogens with zero attached hydrogens (tertiary/aromatic N) is 1. The van der Waals surface area contributed by atoms with E-state index in [1.54, 1.807) is 6.20 Å². The van der Waals surface area contributed by atoms with Crippen molar-refractivity contribution in [2.75, 3.05) is 13.2 Å². The molecule has 0 saturated carbocycles. The Kier molecular flexibility index (Phi) is 3.54. The summed E-state index contributed by atoms with van der Waals surface area (Å²) in [5.41, 5.74) is 6.38. The van der Waals surface area contributed by atoms with E-state index in [2.05, 4.69) is 4.98 Å². The van der Waals surface area contributed by atoms with Crippen molar-refractivity contribution in [3.8, 4) is 5.75 Å². The van der Waals surface area contributed by atoms with Crippen LogP contribution in [-0.2, 0) is 6.42 Å². The van der Waals surface area contributed by atoms with Gasteiger partial charge >= 0.3 is 0 Å². The van der Waals surface area contributed by atoms with E-state index in [1.807, 2.05) is 19.1 Å². The molecule has 0 fully saturated rings. The molecule has 1 aromatic rings. The number of pyridine rings is 1. The molecule has 0 aliphatic carbocycles. The van der Waals surface area contributed by atoms with Crippen LogP contribution in [-0.4, -0.2) is 18.1 Å². The summed E-state index contributed by atoms with van der Waals surface area (Å²) in [5, 5.41) is 0. The zero-order chi connectivity index (χ0) is 8.81. The molecule has 0 amide bonds. The molecule has 0 aromatic carbocycles.